The predicted octanol–water partition coefficient (Wildman–Crippen LogP) is 6.54. The van der Waals surface area contributed by atoms with Crippen molar-refractivity contribution in [1.82, 2.24) is 56.6 Å². The van der Waals surface area contributed by atoms with Crippen LogP contribution in [0.2, 0.25) is 0 Å². The second kappa shape index (κ2) is 51.6. The van der Waals surface area contributed by atoms with E-state index < -0.39 is 130 Å². The van der Waals surface area contributed by atoms with Crippen molar-refractivity contribution in [3.63, 3.8) is 0 Å². The highest BCUT2D eigenvalue weighted by Crippen LogP contribution is 2.43. The normalized spacial score (nSPS) is 19.1. The summed E-state index contributed by atoms with van der Waals surface area (Å²) in [6.45, 7) is 16.7. The summed E-state index contributed by atoms with van der Waals surface area (Å²) in [6, 6.07) is 11.1. The van der Waals surface area contributed by atoms with Gasteiger partial charge in [-0.1, -0.05) is 70.4 Å². The Morgan fingerprint density at radius 3 is 1.97 bits per heavy atom. The maximum absolute atomic E-state index is 14.6. The fourth-order valence-electron chi connectivity index (χ4n) is 16.3. The molecule has 0 saturated carbocycles. The van der Waals surface area contributed by atoms with Crippen LogP contribution in [0.25, 0.3) is 22.3 Å². The SMILES string of the molecule is CCC(=N)CCCC[C@@H]1NC(=O)[C@H](CCC(=O)NCCOCCOCCOCCOCCOCCOCC(=O)C[C@@H](CCCCNC(=O)OC(C)(C)C)C(=O)NCC(=O)O[C@]2(CC)C(=O)OCc3c2cc2n(c3=O)Cc3c-2nc2ccc(OC(=O)N4CCC(N5CCCCC5)CC4)cc2c3CC)NC(=O)[C@@H](Cc2ccccc2)NC(=O)[C@H](CC(C)=O)NC(=O)CCC1=O. The molecule has 0 spiro atoms. The van der Waals surface area contributed by atoms with E-state index in [-0.39, 0.29) is 181 Å². The molecule has 2 aromatic heterocycles. The number of carbonyl (C=O) groups excluding carboxylic acids is 13. The molecule has 8 amide bonds. The number of ketones is 3. The molecule has 0 unspecified atom stereocenters. The van der Waals surface area contributed by atoms with Gasteiger partial charge in [-0.3, -0.25) is 52.7 Å². The van der Waals surface area contributed by atoms with Gasteiger partial charge >= 0.3 is 24.1 Å². The second-order valence-electron chi connectivity index (χ2n) is 33.8. The number of aromatic nitrogens is 2. The third kappa shape index (κ3) is 31.4. The lowest BCUT2D eigenvalue weighted by molar-refractivity contribution is -0.189. The van der Waals surface area contributed by atoms with E-state index in [0.29, 0.717) is 98.0 Å². The Morgan fingerprint density at radius 2 is 1.31 bits per heavy atom. The molecule has 7 heterocycles. The van der Waals surface area contributed by atoms with Crippen LogP contribution in [-0.2, 0) is 127 Å². The molecule has 8 N–H and O–H groups in total. The predicted molar refractivity (Wildman–Crippen MR) is 469 cm³/mol. The van der Waals surface area contributed by atoms with Crippen LogP contribution in [0.3, 0.4) is 0 Å². The molecule has 0 radical (unpaired) electrons. The molecule has 6 atom stereocenters. The van der Waals surface area contributed by atoms with Crippen LogP contribution in [0.15, 0.2) is 59.4 Å². The summed E-state index contributed by atoms with van der Waals surface area (Å²) in [7, 11) is 0. The first-order valence-electron chi connectivity index (χ1n) is 45.2. The number of esters is 2. The molecule has 702 valence electrons. The Hall–Kier alpha value is -10.5. The van der Waals surface area contributed by atoms with E-state index in [9.17, 15) is 67.1 Å². The molecule has 36 nitrogen and oxygen atoms in total. The molecule has 0 bridgehead atoms. The van der Waals surface area contributed by atoms with E-state index in [1.807, 2.05) is 19.9 Å². The number of nitrogens with one attached hydrogen (secondary N) is 8. The molecule has 36 heteroatoms. The Balaban J connectivity index is 0.660. The van der Waals surface area contributed by atoms with Crippen LogP contribution in [0.5, 0.6) is 5.75 Å². The van der Waals surface area contributed by atoms with E-state index in [1.165, 1.54) is 26.2 Å². The number of rotatable bonds is 48. The molecule has 2 aromatic carbocycles. The van der Waals surface area contributed by atoms with Crippen molar-refractivity contribution in [2.24, 2.45) is 5.92 Å². The van der Waals surface area contributed by atoms with Gasteiger partial charge in [0.2, 0.25) is 41.0 Å². The van der Waals surface area contributed by atoms with E-state index in [2.05, 4.69) is 42.1 Å². The number of fused-ring (bicyclic) bond motifs is 5. The van der Waals surface area contributed by atoms with Crippen LogP contribution in [0.4, 0.5) is 9.59 Å². The molecular weight excluding hydrogens is 1660 g/mol. The fraction of sp³-hybridized carbons (Fsp3) is 0.630. The number of likely N-dealkylation sites (tertiary alicyclic amines) is 2. The van der Waals surface area contributed by atoms with E-state index in [1.54, 1.807) is 85.7 Å². The third-order valence-corrected chi connectivity index (χ3v) is 23.1. The molecule has 5 aliphatic rings. The van der Waals surface area contributed by atoms with Crippen molar-refractivity contribution in [3.05, 3.63) is 92.8 Å². The highest BCUT2D eigenvalue weighted by Gasteiger charge is 2.51. The number of hydrogen-bond donors (Lipinski definition) is 8. The van der Waals surface area contributed by atoms with Crippen molar-refractivity contribution in [2.75, 3.05) is 125 Å². The second-order valence-corrected chi connectivity index (χ2v) is 33.8. The smallest absolute Gasteiger partial charge is 0.415 e. The fourth-order valence-corrected chi connectivity index (χ4v) is 16.3. The molecule has 5 aliphatic heterocycles. The maximum atomic E-state index is 14.6. The van der Waals surface area contributed by atoms with Crippen molar-refractivity contribution in [2.45, 2.75) is 244 Å². The Kier molecular flexibility index (Phi) is 40.8. The number of unbranched alkanes of at least 4 members (excludes halogenated alkanes) is 2. The Bertz CT molecular complexity index is 4540. The van der Waals surface area contributed by atoms with Crippen molar-refractivity contribution >= 4 is 93.5 Å². The Labute approximate surface area is 747 Å². The lowest BCUT2D eigenvalue weighted by Gasteiger charge is -2.39. The Morgan fingerprint density at radius 1 is 0.664 bits per heavy atom. The first-order valence-corrected chi connectivity index (χ1v) is 45.2. The van der Waals surface area contributed by atoms with Gasteiger partial charge in [0.05, 0.1) is 108 Å². The molecule has 128 heavy (non-hydrogen) atoms. The average molecular weight is 1790 g/mol. The third-order valence-electron chi connectivity index (χ3n) is 23.1. The summed E-state index contributed by atoms with van der Waals surface area (Å²) in [5, 5.41) is 27.5. The maximum Gasteiger partial charge on any atom is 0.415 e. The van der Waals surface area contributed by atoms with Gasteiger partial charge < -0.3 is 104 Å². The lowest BCUT2D eigenvalue weighted by Crippen LogP contribution is -2.58. The minimum absolute atomic E-state index is 0.0368. The van der Waals surface area contributed by atoms with Crippen molar-refractivity contribution in [3.8, 4) is 17.1 Å². The number of ether oxygens (including phenoxy) is 10. The zero-order chi connectivity index (χ0) is 92.1. The van der Waals surface area contributed by atoms with Gasteiger partial charge in [0.1, 0.15) is 55.0 Å². The zero-order valence-electron chi connectivity index (χ0n) is 75.2. The standard InChI is InChI=1S/C92H130N12O24/c1-8-63(93)24-15-16-25-73-78(107)29-31-80(109)97-75(51-60(4)105)85(113)101-76(52-61-21-13-11-14-22-61)86(114)100-74(84(112)99-73)28-30-79(108)94-35-40-119-41-42-120-43-44-121-45-46-122-47-48-123-49-50-124-58-65(106)53-62(23-17-18-34-95-89(117)128-91(5,6)7)83(111)96-56-81(110)127-92(10-3)71-55-77-82-69(57-104(77)87(115)70(71)59-125-88(92)116)67(9-2)68-54-66(26-27-72(68)98-82)126-90(118)103-38-32-64(33-39-103)102-36-19-12-20-37-102/h11,13-14,21-22,26-27,54-55,62,64,73-76,93H,8-10,12,15-20,23-25,28-53,56-59H2,1-7H3,(H,94,108)(H,95,117)(H,96,111)(H,97,109)(H,99,112)(H,100,114)(H,101,113)/t62-,73+,74+,75+,76-,92+/m1/s1. The number of benzene rings is 2. The number of aryl methyl sites for hydroxylation is 1. The highest BCUT2D eigenvalue weighted by atomic mass is 16.6. The number of cyclic esters (lactones) is 1. The van der Waals surface area contributed by atoms with E-state index >= 15 is 0 Å². The number of Topliss-reactive ketones (excluding diaryl/α,β-unsaturated/α-hetero) is 3. The number of alkyl carbamates (subject to hydrolysis) is 1. The number of amides is 8. The van der Waals surface area contributed by atoms with Gasteiger partial charge in [0.15, 0.2) is 11.6 Å². The van der Waals surface area contributed by atoms with Gasteiger partial charge in [-0.2, -0.15) is 0 Å². The monoisotopic (exact) mass is 1790 g/mol. The minimum Gasteiger partial charge on any atom is -0.457 e. The highest BCUT2D eigenvalue weighted by molar-refractivity contribution is 5.99. The quantitative estimate of drug-likeness (QED) is 0.00886. The number of pyridine rings is 2. The van der Waals surface area contributed by atoms with Crippen molar-refractivity contribution in [1.29, 1.82) is 5.41 Å². The summed E-state index contributed by atoms with van der Waals surface area (Å²) in [4.78, 5) is 200. The average Bonchev–Trinajstić information content (AvgIpc) is 1.53. The summed E-state index contributed by atoms with van der Waals surface area (Å²) in [5.74, 6) is -7.92. The van der Waals surface area contributed by atoms with Gasteiger partial charge in [-0.15, -0.1) is 0 Å². The lowest BCUT2D eigenvalue weighted by atomic mass is 9.85. The van der Waals surface area contributed by atoms with Crippen LogP contribution in [0.1, 0.15) is 205 Å². The molecule has 4 aromatic rings. The topological polar surface area (TPSA) is 464 Å². The van der Waals surface area contributed by atoms with E-state index in [0.717, 1.165) is 42.4 Å². The molecular formula is C92H130N12O24. The van der Waals surface area contributed by atoms with Crippen LogP contribution in [0, 0.1) is 11.3 Å². The van der Waals surface area contributed by atoms with Gasteiger partial charge in [0.25, 0.3) is 5.56 Å². The van der Waals surface area contributed by atoms with Crippen LogP contribution < -0.4 is 47.5 Å². The van der Waals surface area contributed by atoms with Gasteiger partial charge in [0, 0.05) is 98.9 Å². The summed E-state index contributed by atoms with van der Waals surface area (Å²) >= 11 is 0. The number of nitrogens with zero attached hydrogens (tertiary/aromatic N) is 4. The van der Waals surface area contributed by atoms with Gasteiger partial charge in [-0.05, 0) is 160 Å². The van der Waals surface area contributed by atoms with Gasteiger partial charge in [-0.25, -0.2) is 19.4 Å². The first-order chi connectivity index (χ1) is 61.6. The van der Waals surface area contributed by atoms with E-state index in [4.69, 9.17) is 57.8 Å². The minimum atomic E-state index is -2.09. The summed E-state index contributed by atoms with van der Waals surface area (Å²) in [6.07, 6.45) is 6.34. The number of carbonyl (C=O) groups is 13. The largest absolute Gasteiger partial charge is 0.457 e. The number of hydrogen-bond acceptors (Lipinski definition) is 27. The summed E-state index contributed by atoms with van der Waals surface area (Å²) in [5.41, 5.74) is 1.37. The molecule has 3 saturated heterocycles. The van der Waals surface area contributed by atoms with Crippen LogP contribution >= 0.6 is 0 Å². The number of piperidine rings is 2. The molecule has 0 aliphatic carbocycles. The summed E-state index contributed by atoms with van der Waals surface area (Å²) < 4.78 is 58.2. The zero-order valence-corrected chi connectivity index (χ0v) is 75.2. The van der Waals surface area contributed by atoms with Crippen LogP contribution in [-0.4, -0.2) is 263 Å². The molecule has 3 fully saturated rings. The van der Waals surface area contributed by atoms with Crippen molar-refractivity contribution < 1.29 is 110 Å². The molecule has 9 rings (SSSR count). The first kappa shape index (κ1) is 101.